The monoisotopic (exact) mass is 244 g/mol. The summed E-state index contributed by atoms with van der Waals surface area (Å²) < 4.78 is 1.84. The van der Waals surface area contributed by atoms with E-state index in [0.29, 0.717) is 12.5 Å². The summed E-state index contributed by atoms with van der Waals surface area (Å²) in [6.45, 7) is 4.91. The number of hydrogen-bond donors (Lipinski definition) is 1. The van der Waals surface area contributed by atoms with E-state index in [4.69, 9.17) is 5.73 Å². The van der Waals surface area contributed by atoms with Crippen molar-refractivity contribution in [3.63, 3.8) is 0 Å². The van der Waals surface area contributed by atoms with Gasteiger partial charge in [-0.05, 0) is 11.5 Å². The summed E-state index contributed by atoms with van der Waals surface area (Å²) in [5.74, 6) is 2.39. The van der Waals surface area contributed by atoms with Crippen molar-refractivity contribution >= 4 is 0 Å². The molecule has 96 valence electrons. The molecule has 0 radical (unpaired) electrons. The van der Waals surface area contributed by atoms with Crippen molar-refractivity contribution in [2.24, 2.45) is 18.7 Å². The van der Waals surface area contributed by atoms with Crippen LogP contribution in [0.5, 0.6) is 0 Å². The maximum atomic E-state index is 5.59. The second-order valence-electron chi connectivity index (χ2n) is 4.97. The largest absolute Gasteiger partial charge is 0.326 e. The van der Waals surface area contributed by atoms with Crippen LogP contribution in [-0.4, -0.2) is 14.8 Å². The molecule has 1 aromatic carbocycles. The molecule has 18 heavy (non-hydrogen) atoms. The Hall–Kier alpha value is -1.68. The molecular formula is C14H20N4. The van der Waals surface area contributed by atoms with Crippen molar-refractivity contribution in [1.82, 2.24) is 14.8 Å². The molecule has 0 atom stereocenters. The molecule has 4 heteroatoms. The maximum absolute atomic E-state index is 5.59. The van der Waals surface area contributed by atoms with E-state index < -0.39 is 0 Å². The first kappa shape index (κ1) is 12.8. The highest BCUT2D eigenvalue weighted by molar-refractivity contribution is 5.55. The SMILES string of the molecule is CC(C)Cc1nc(-c2ccc(CN)cc2)n(C)n1. The minimum Gasteiger partial charge on any atom is -0.326 e. The summed E-state index contributed by atoms with van der Waals surface area (Å²) >= 11 is 0. The van der Waals surface area contributed by atoms with E-state index in [0.717, 1.165) is 29.2 Å². The van der Waals surface area contributed by atoms with Gasteiger partial charge >= 0.3 is 0 Å². The topological polar surface area (TPSA) is 56.7 Å². The van der Waals surface area contributed by atoms with Crippen LogP contribution in [0.15, 0.2) is 24.3 Å². The lowest BCUT2D eigenvalue weighted by Gasteiger charge is -2.01. The summed E-state index contributed by atoms with van der Waals surface area (Å²) in [4.78, 5) is 4.60. The van der Waals surface area contributed by atoms with Gasteiger partial charge in [0.2, 0.25) is 0 Å². The second-order valence-corrected chi connectivity index (χ2v) is 4.97. The van der Waals surface area contributed by atoms with Crippen LogP contribution in [-0.2, 0) is 20.0 Å². The standard InChI is InChI=1S/C14H20N4/c1-10(2)8-13-16-14(18(3)17-13)12-6-4-11(9-15)5-7-12/h4-7,10H,8-9,15H2,1-3H3. The van der Waals surface area contributed by atoms with Crippen LogP contribution in [0.4, 0.5) is 0 Å². The Morgan fingerprint density at radius 2 is 1.89 bits per heavy atom. The Balaban J connectivity index is 2.29. The summed E-state index contributed by atoms with van der Waals surface area (Å²) in [5.41, 5.74) is 7.80. The predicted octanol–water partition coefficient (Wildman–Crippen LogP) is 2.14. The van der Waals surface area contributed by atoms with Gasteiger partial charge in [-0.15, -0.1) is 0 Å². The third-order valence-electron chi connectivity index (χ3n) is 2.85. The van der Waals surface area contributed by atoms with E-state index in [1.807, 2.05) is 36.0 Å². The first-order valence-corrected chi connectivity index (χ1v) is 6.29. The zero-order chi connectivity index (χ0) is 13.1. The van der Waals surface area contributed by atoms with Crippen molar-refractivity contribution < 1.29 is 0 Å². The van der Waals surface area contributed by atoms with Gasteiger partial charge in [0.15, 0.2) is 11.6 Å². The lowest BCUT2D eigenvalue weighted by molar-refractivity contribution is 0.613. The van der Waals surface area contributed by atoms with Gasteiger partial charge in [0.1, 0.15) is 0 Å². The average molecular weight is 244 g/mol. The number of aryl methyl sites for hydroxylation is 1. The number of aromatic nitrogens is 3. The minimum absolute atomic E-state index is 0.567. The third-order valence-corrected chi connectivity index (χ3v) is 2.85. The molecule has 2 aromatic rings. The molecule has 0 aliphatic carbocycles. The van der Waals surface area contributed by atoms with E-state index in [1.165, 1.54) is 0 Å². The summed E-state index contributed by atoms with van der Waals surface area (Å²) in [7, 11) is 1.93. The lowest BCUT2D eigenvalue weighted by atomic mass is 10.1. The van der Waals surface area contributed by atoms with Crippen LogP contribution < -0.4 is 5.73 Å². The Labute approximate surface area is 108 Å². The highest BCUT2D eigenvalue weighted by Crippen LogP contribution is 2.18. The molecule has 0 saturated heterocycles. The van der Waals surface area contributed by atoms with Gasteiger partial charge < -0.3 is 5.73 Å². The minimum atomic E-state index is 0.567. The number of hydrogen-bond acceptors (Lipinski definition) is 3. The molecule has 4 nitrogen and oxygen atoms in total. The number of nitrogens with two attached hydrogens (primary N) is 1. The number of nitrogens with zero attached hydrogens (tertiary/aromatic N) is 3. The quantitative estimate of drug-likeness (QED) is 0.896. The molecular weight excluding hydrogens is 224 g/mol. The van der Waals surface area contributed by atoms with Crippen LogP contribution >= 0.6 is 0 Å². The van der Waals surface area contributed by atoms with Crippen molar-refractivity contribution in [3.05, 3.63) is 35.7 Å². The van der Waals surface area contributed by atoms with E-state index >= 15 is 0 Å². The highest BCUT2D eigenvalue weighted by Gasteiger charge is 2.10. The van der Waals surface area contributed by atoms with E-state index in [1.54, 1.807) is 0 Å². The molecule has 1 aromatic heterocycles. The molecule has 0 bridgehead atoms. The fourth-order valence-corrected chi connectivity index (χ4v) is 1.93. The van der Waals surface area contributed by atoms with Gasteiger partial charge in [-0.25, -0.2) is 9.67 Å². The van der Waals surface area contributed by atoms with Crippen LogP contribution in [0.1, 0.15) is 25.2 Å². The molecule has 0 amide bonds. The molecule has 0 fully saturated rings. The molecule has 2 rings (SSSR count). The van der Waals surface area contributed by atoms with Crippen molar-refractivity contribution in [3.8, 4) is 11.4 Å². The second kappa shape index (κ2) is 5.31. The Morgan fingerprint density at radius 3 is 2.44 bits per heavy atom. The van der Waals surface area contributed by atoms with Gasteiger partial charge in [0.25, 0.3) is 0 Å². The van der Waals surface area contributed by atoms with Gasteiger partial charge in [0.05, 0.1) is 0 Å². The normalized spacial score (nSPS) is 11.2. The fraction of sp³-hybridized carbons (Fsp3) is 0.429. The Morgan fingerprint density at radius 1 is 1.22 bits per heavy atom. The zero-order valence-electron chi connectivity index (χ0n) is 11.2. The molecule has 0 aliphatic rings. The van der Waals surface area contributed by atoms with Crippen LogP contribution in [0.3, 0.4) is 0 Å². The van der Waals surface area contributed by atoms with Gasteiger partial charge in [-0.2, -0.15) is 5.10 Å². The molecule has 1 heterocycles. The van der Waals surface area contributed by atoms with Crippen molar-refractivity contribution in [2.45, 2.75) is 26.8 Å². The number of rotatable bonds is 4. The molecule has 0 aliphatic heterocycles. The first-order chi connectivity index (χ1) is 8.60. The maximum Gasteiger partial charge on any atom is 0.158 e. The van der Waals surface area contributed by atoms with E-state index in [9.17, 15) is 0 Å². The third kappa shape index (κ3) is 2.76. The van der Waals surface area contributed by atoms with Gasteiger partial charge in [-0.1, -0.05) is 38.1 Å². The van der Waals surface area contributed by atoms with Crippen LogP contribution in [0.25, 0.3) is 11.4 Å². The summed E-state index contributed by atoms with van der Waals surface area (Å²) in [6, 6.07) is 8.16. The van der Waals surface area contributed by atoms with Crippen LogP contribution in [0, 0.1) is 5.92 Å². The molecule has 0 unspecified atom stereocenters. The molecule has 0 spiro atoms. The smallest absolute Gasteiger partial charge is 0.158 e. The number of benzene rings is 1. The first-order valence-electron chi connectivity index (χ1n) is 6.29. The summed E-state index contributed by atoms with van der Waals surface area (Å²) in [6.07, 6.45) is 0.911. The van der Waals surface area contributed by atoms with Gasteiger partial charge in [-0.3, -0.25) is 0 Å². The zero-order valence-corrected chi connectivity index (χ0v) is 11.2. The fourth-order valence-electron chi connectivity index (χ4n) is 1.93. The Bertz CT molecular complexity index is 511. The van der Waals surface area contributed by atoms with Crippen LogP contribution in [0.2, 0.25) is 0 Å². The highest BCUT2D eigenvalue weighted by atomic mass is 15.3. The molecule has 2 N–H and O–H groups in total. The van der Waals surface area contributed by atoms with Gasteiger partial charge in [0, 0.05) is 25.6 Å². The van der Waals surface area contributed by atoms with E-state index in [2.05, 4.69) is 23.9 Å². The summed E-state index contributed by atoms with van der Waals surface area (Å²) in [5, 5.41) is 4.45. The lowest BCUT2D eigenvalue weighted by Crippen LogP contribution is -1.98. The van der Waals surface area contributed by atoms with E-state index in [-0.39, 0.29) is 0 Å². The van der Waals surface area contributed by atoms with Crippen molar-refractivity contribution in [2.75, 3.05) is 0 Å². The Kier molecular flexibility index (Phi) is 3.77. The predicted molar refractivity (Wildman–Crippen MR) is 72.9 cm³/mol. The molecule has 0 saturated carbocycles. The average Bonchev–Trinajstić information content (AvgIpc) is 2.69. The van der Waals surface area contributed by atoms with Crippen molar-refractivity contribution in [1.29, 1.82) is 0 Å².